The lowest BCUT2D eigenvalue weighted by Crippen LogP contribution is -2.48. The Labute approximate surface area is 225 Å². The van der Waals surface area contributed by atoms with Crippen LogP contribution in [0.2, 0.25) is 5.02 Å². The molecule has 3 amide bonds. The summed E-state index contributed by atoms with van der Waals surface area (Å²) in [6.45, 7) is 1.66. The van der Waals surface area contributed by atoms with Gasteiger partial charge in [-0.05, 0) is 41.8 Å². The first kappa shape index (κ1) is 27.8. The van der Waals surface area contributed by atoms with Gasteiger partial charge in [0.05, 0.1) is 23.0 Å². The Balaban J connectivity index is 1.62. The molecule has 0 unspecified atom stereocenters. The molecule has 0 spiro atoms. The zero-order chi connectivity index (χ0) is 26.8. The van der Waals surface area contributed by atoms with Crippen molar-refractivity contribution >= 4 is 41.2 Å². The van der Waals surface area contributed by atoms with Crippen LogP contribution in [0.15, 0.2) is 72.8 Å². The number of hydrogen-bond acceptors (Lipinski definition) is 5. The number of phenolic OH excluding ortho intramolecular Hbond substituents is 1. The van der Waals surface area contributed by atoms with Crippen molar-refractivity contribution < 1.29 is 23.8 Å². The Morgan fingerprint density at radius 3 is 2.38 bits per heavy atom. The van der Waals surface area contributed by atoms with E-state index in [0.717, 1.165) is 11.1 Å². The maximum atomic E-state index is 13.0. The first-order valence-corrected chi connectivity index (χ1v) is 12.2. The van der Waals surface area contributed by atoms with Crippen LogP contribution in [-0.4, -0.2) is 35.4 Å². The summed E-state index contributed by atoms with van der Waals surface area (Å²) in [7, 11) is 0. The predicted octanol–water partition coefficient (Wildman–Crippen LogP) is 3.99. The summed E-state index contributed by atoms with van der Waals surface area (Å²) in [6.07, 6.45) is 0.364. The SMILES string of the molecule is C[C@H](C(=O)NCC(=O)NCc1cccc(OCl)c1)[C@H](Cc1ccccc1)NC(=O)c1cccc(O)c1Cl. The van der Waals surface area contributed by atoms with E-state index in [2.05, 4.69) is 20.2 Å². The third kappa shape index (κ3) is 8.13. The summed E-state index contributed by atoms with van der Waals surface area (Å²) in [6, 6.07) is 20.1. The molecule has 0 heterocycles. The van der Waals surface area contributed by atoms with Gasteiger partial charge < -0.3 is 25.3 Å². The van der Waals surface area contributed by atoms with E-state index in [1.165, 1.54) is 18.2 Å². The average molecular weight is 544 g/mol. The van der Waals surface area contributed by atoms with Gasteiger partial charge >= 0.3 is 0 Å². The summed E-state index contributed by atoms with van der Waals surface area (Å²) >= 11 is 11.5. The van der Waals surface area contributed by atoms with Crippen LogP contribution in [0, 0.1) is 5.92 Å². The molecule has 0 aliphatic rings. The van der Waals surface area contributed by atoms with Gasteiger partial charge in [0.15, 0.2) is 0 Å². The van der Waals surface area contributed by atoms with E-state index in [1.54, 1.807) is 31.2 Å². The molecular weight excluding hydrogens is 517 g/mol. The molecule has 10 heteroatoms. The van der Waals surface area contributed by atoms with Gasteiger partial charge in [-0.2, -0.15) is 0 Å². The van der Waals surface area contributed by atoms with Crippen molar-refractivity contribution in [2.45, 2.75) is 25.9 Å². The summed E-state index contributed by atoms with van der Waals surface area (Å²) in [5.74, 6) is -1.77. The predicted molar refractivity (Wildman–Crippen MR) is 141 cm³/mol. The Kier molecular flexibility index (Phi) is 10.2. The minimum atomic E-state index is -0.689. The maximum absolute atomic E-state index is 13.0. The number of nitrogens with one attached hydrogen (secondary N) is 3. The van der Waals surface area contributed by atoms with Gasteiger partial charge in [0.25, 0.3) is 5.91 Å². The van der Waals surface area contributed by atoms with E-state index in [-0.39, 0.29) is 35.3 Å². The molecule has 0 aromatic heterocycles. The molecule has 0 fully saturated rings. The quantitative estimate of drug-likeness (QED) is 0.291. The molecule has 4 N–H and O–H groups in total. The van der Waals surface area contributed by atoms with Gasteiger partial charge in [-0.25, -0.2) is 0 Å². The molecule has 0 bridgehead atoms. The van der Waals surface area contributed by atoms with Crippen molar-refractivity contribution in [2.75, 3.05) is 6.54 Å². The maximum Gasteiger partial charge on any atom is 0.253 e. The number of benzene rings is 3. The number of carbonyl (C=O) groups is 3. The highest BCUT2D eigenvalue weighted by Gasteiger charge is 2.27. The van der Waals surface area contributed by atoms with Crippen LogP contribution in [0.4, 0.5) is 0 Å². The van der Waals surface area contributed by atoms with E-state index in [0.29, 0.717) is 12.2 Å². The molecular formula is C27H27Cl2N3O5. The van der Waals surface area contributed by atoms with Crippen molar-refractivity contribution in [1.29, 1.82) is 0 Å². The summed E-state index contributed by atoms with van der Waals surface area (Å²) < 4.78 is 4.65. The molecule has 3 aromatic rings. The van der Waals surface area contributed by atoms with Gasteiger partial charge in [0.2, 0.25) is 11.8 Å². The molecule has 2 atom stereocenters. The minimum absolute atomic E-state index is 0.0737. The monoisotopic (exact) mass is 543 g/mol. The van der Waals surface area contributed by atoms with Crippen molar-refractivity contribution in [1.82, 2.24) is 16.0 Å². The van der Waals surface area contributed by atoms with Crippen LogP contribution in [0.1, 0.15) is 28.4 Å². The first-order chi connectivity index (χ1) is 17.8. The van der Waals surface area contributed by atoms with Crippen LogP contribution in [0.25, 0.3) is 0 Å². The molecule has 0 saturated carbocycles. The van der Waals surface area contributed by atoms with Gasteiger partial charge in [-0.3, -0.25) is 14.4 Å². The molecule has 3 aromatic carbocycles. The second kappa shape index (κ2) is 13.5. The zero-order valence-electron chi connectivity index (χ0n) is 20.0. The van der Waals surface area contributed by atoms with E-state index in [9.17, 15) is 19.5 Å². The van der Waals surface area contributed by atoms with Crippen LogP contribution in [-0.2, 0) is 22.6 Å². The third-order valence-corrected chi connectivity index (χ3v) is 6.33. The fourth-order valence-electron chi connectivity index (χ4n) is 3.64. The Bertz CT molecular complexity index is 1240. The van der Waals surface area contributed by atoms with Crippen LogP contribution in [0.5, 0.6) is 11.5 Å². The lowest BCUT2D eigenvalue weighted by Gasteiger charge is -2.25. The standard InChI is InChI=1S/C27H27Cl2N3O5/c1-17(26(35)31-16-24(34)30-15-19-9-5-10-20(13-19)37-29)22(14-18-7-3-2-4-8-18)32-27(36)21-11-6-12-23(33)25(21)28/h2-13,17,22,33H,14-16H2,1H3,(H,30,34)(H,31,35)(H,32,36)/t17-,22-/m0/s1. The van der Waals surface area contributed by atoms with Crippen LogP contribution in [0.3, 0.4) is 0 Å². The molecule has 3 rings (SSSR count). The summed E-state index contributed by atoms with van der Waals surface area (Å²) in [5.41, 5.74) is 1.79. The lowest BCUT2D eigenvalue weighted by atomic mass is 9.93. The van der Waals surface area contributed by atoms with E-state index in [4.69, 9.17) is 23.5 Å². The lowest BCUT2D eigenvalue weighted by molar-refractivity contribution is -0.128. The molecule has 0 saturated heterocycles. The minimum Gasteiger partial charge on any atom is -0.506 e. The number of amides is 3. The highest BCUT2D eigenvalue weighted by molar-refractivity contribution is 6.35. The van der Waals surface area contributed by atoms with Crippen LogP contribution < -0.4 is 20.2 Å². The Morgan fingerprint density at radius 2 is 1.65 bits per heavy atom. The highest BCUT2D eigenvalue weighted by Crippen LogP contribution is 2.27. The molecule has 0 radical (unpaired) electrons. The zero-order valence-corrected chi connectivity index (χ0v) is 21.6. The molecule has 0 aliphatic heterocycles. The number of aromatic hydroxyl groups is 1. The number of carbonyl (C=O) groups excluding carboxylic acids is 3. The molecule has 0 aliphatic carbocycles. The van der Waals surface area contributed by atoms with Crippen molar-refractivity contribution in [3.05, 3.63) is 94.5 Å². The summed E-state index contributed by atoms with van der Waals surface area (Å²) in [4.78, 5) is 38.2. The normalized spacial score (nSPS) is 12.2. The molecule has 8 nitrogen and oxygen atoms in total. The van der Waals surface area contributed by atoms with Gasteiger partial charge in [-0.15, -0.1) is 0 Å². The Hall–Kier alpha value is -3.75. The third-order valence-electron chi connectivity index (χ3n) is 5.76. The van der Waals surface area contributed by atoms with Gasteiger partial charge in [0, 0.05) is 12.6 Å². The topological polar surface area (TPSA) is 117 Å². The van der Waals surface area contributed by atoms with Crippen molar-refractivity contribution in [3.8, 4) is 11.5 Å². The summed E-state index contributed by atoms with van der Waals surface area (Å²) in [5, 5.41) is 18.0. The van der Waals surface area contributed by atoms with E-state index < -0.39 is 23.8 Å². The Morgan fingerprint density at radius 1 is 0.946 bits per heavy atom. The van der Waals surface area contributed by atoms with Gasteiger partial charge in [0.1, 0.15) is 23.4 Å². The van der Waals surface area contributed by atoms with Gasteiger partial charge in [-0.1, -0.05) is 67.1 Å². The number of hydrogen-bond donors (Lipinski definition) is 4. The fraction of sp³-hybridized carbons (Fsp3) is 0.222. The van der Waals surface area contributed by atoms with Crippen LogP contribution >= 0.6 is 23.5 Å². The molecule has 194 valence electrons. The van der Waals surface area contributed by atoms with Crippen molar-refractivity contribution in [3.63, 3.8) is 0 Å². The molecule has 37 heavy (non-hydrogen) atoms. The number of halogens is 2. The first-order valence-electron chi connectivity index (χ1n) is 11.5. The largest absolute Gasteiger partial charge is 0.506 e. The number of rotatable bonds is 11. The second-order valence-electron chi connectivity index (χ2n) is 8.42. The van der Waals surface area contributed by atoms with E-state index in [1.807, 2.05) is 30.3 Å². The van der Waals surface area contributed by atoms with E-state index >= 15 is 0 Å². The second-order valence-corrected chi connectivity index (χ2v) is 8.95. The smallest absolute Gasteiger partial charge is 0.253 e. The fourth-order valence-corrected chi connectivity index (χ4v) is 3.95. The van der Waals surface area contributed by atoms with Crippen molar-refractivity contribution in [2.24, 2.45) is 5.92 Å². The average Bonchev–Trinajstić information content (AvgIpc) is 2.91. The number of phenols is 1. The highest BCUT2D eigenvalue weighted by atomic mass is 35.5.